The summed E-state index contributed by atoms with van der Waals surface area (Å²) in [6.07, 6.45) is 8.41. The Morgan fingerprint density at radius 2 is 1.86 bits per heavy atom. The number of nitrogens with zero attached hydrogens (tertiary/aromatic N) is 2. The van der Waals surface area contributed by atoms with E-state index < -0.39 is 0 Å². The van der Waals surface area contributed by atoms with Crippen molar-refractivity contribution in [1.29, 1.82) is 0 Å². The lowest BCUT2D eigenvalue weighted by Crippen LogP contribution is -2.63. The second kappa shape index (κ2) is 5.86. The summed E-state index contributed by atoms with van der Waals surface area (Å²) in [4.78, 5) is 21.6. The summed E-state index contributed by atoms with van der Waals surface area (Å²) < 4.78 is 1.10. The van der Waals surface area contributed by atoms with E-state index in [1.807, 2.05) is 18.2 Å². The normalized spacial score (nSPS) is 32.9. The quantitative estimate of drug-likeness (QED) is 0.655. The average Bonchev–Trinajstić information content (AvgIpc) is 3.07. The summed E-state index contributed by atoms with van der Waals surface area (Å²) in [6.45, 7) is 2.44. The van der Waals surface area contributed by atoms with Crippen LogP contribution in [0.25, 0.3) is 21.3 Å². The first-order chi connectivity index (χ1) is 13.6. The highest BCUT2D eigenvalue weighted by molar-refractivity contribution is 7.22. The summed E-state index contributed by atoms with van der Waals surface area (Å²) in [7, 11) is 0. The van der Waals surface area contributed by atoms with Gasteiger partial charge in [-0.3, -0.25) is 9.78 Å². The predicted octanol–water partition coefficient (Wildman–Crippen LogP) is 5.37. The Labute approximate surface area is 168 Å². The summed E-state index contributed by atoms with van der Waals surface area (Å²) in [5, 5.41) is 3.85. The van der Waals surface area contributed by atoms with Crippen LogP contribution in [0.2, 0.25) is 0 Å². The van der Waals surface area contributed by atoms with E-state index in [1.165, 1.54) is 12.8 Å². The van der Waals surface area contributed by atoms with Crippen LogP contribution >= 0.6 is 11.3 Å². The zero-order valence-corrected chi connectivity index (χ0v) is 16.7. The number of carbonyl (C=O) groups is 1. The lowest BCUT2D eigenvalue weighted by molar-refractivity contribution is -0.207. The largest absolute Gasteiger partial charge is 0.302 e. The first kappa shape index (κ1) is 16.7. The molecule has 6 rings (SSSR count). The van der Waals surface area contributed by atoms with Crippen LogP contribution in [0.1, 0.15) is 32.6 Å². The summed E-state index contributed by atoms with van der Waals surface area (Å²) in [6, 6.07) is 10.3. The van der Waals surface area contributed by atoms with Crippen molar-refractivity contribution in [2.75, 3.05) is 5.32 Å². The minimum atomic E-state index is 0.162. The van der Waals surface area contributed by atoms with Gasteiger partial charge in [0.05, 0.1) is 10.2 Å². The van der Waals surface area contributed by atoms with Gasteiger partial charge in [-0.15, -0.1) is 0 Å². The van der Waals surface area contributed by atoms with Gasteiger partial charge >= 0.3 is 0 Å². The molecule has 0 spiro atoms. The Balaban J connectivity index is 1.19. The van der Waals surface area contributed by atoms with Crippen molar-refractivity contribution in [3.8, 4) is 11.1 Å². The number of hydrogen-bond acceptors (Lipinski definition) is 4. The van der Waals surface area contributed by atoms with Crippen LogP contribution in [0.5, 0.6) is 0 Å². The molecule has 0 radical (unpaired) electrons. The molecule has 5 heteroatoms. The van der Waals surface area contributed by atoms with Crippen molar-refractivity contribution < 1.29 is 4.79 Å². The number of thiazole rings is 1. The SMILES string of the molecule is CC12C[C@H]3C[C@H](C(=O)Nc4nc5ccc(-c6ccncc6)cc5s4)C[C@@H](C1)C32. The molecule has 3 aliphatic rings. The Morgan fingerprint density at radius 1 is 1.11 bits per heavy atom. The van der Waals surface area contributed by atoms with E-state index in [9.17, 15) is 4.79 Å². The van der Waals surface area contributed by atoms with Crippen LogP contribution in [0.4, 0.5) is 5.13 Å². The Hall–Kier alpha value is -2.27. The van der Waals surface area contributed by atoms with Crippen molar-refractivity contribution in [1.82, 2.24) is 9.97 Å². The fraction of sp³-hybridized carbons (Fsp3) is 0.435. The molecule has 3 saturated carbocycles. The molecule has 0 aliphatic heterocycles. The first-order valence-electron chi connectivity index (χ1n) is 10.2. The van der Waals surface area contributed by atoms with Gasteiger partial charge < -0.3 is 5.32 Å². The molecule has 1 N–H and O–H groups in total. The number of benzene rings is 1. The summed E-state index contributed by atoms with van der Waals surface area (Å²) in [5.41, 5.74) is 3.85. The number of amides is 1. The number of nitrogens with one attached hydrogen (secondary N) is 1. The molecule has 5 atom stereocenters. The molecule has 142 valence electrons. The Kier molecular flexibility index (Phi) is 3.49. The highest BCUT2D eigenvalue weighted by atomic mass is 32.1. The monoisotopic (exact) mass is 389 g/mol. The number of pyridine rings is 1. The molecule has 3 fully saturated rings. The standard InChI is InChI=1S/C23H23N3OS/c1-23-11-16-8-15(9-17(12-23)20(16)23)21(27)26-22-25-18-3-2-14(10-19(18)28-22)13-4-6-24-7-5-13/h2-7,10,15-17,20H,8-9,11-12H2,1H3,(H,25,26,27)/t15-,16+,17-,20?,23?. The minimum Gasteiger partial charge on any atom is -0.302 e. The smallest absolute Gasteiger partial charge is 0.229 e. The van der Waals surface area contributed by atoms with Crippen LogP contribution in [0.15, 0.2) is 42.7 Å². The van der Waals surface area contributed by atoms with E-state index in [0.717, 1.165) is 57.1 Å². The van der Waals surface area contributed by atoms with Crippen molar-refractivity contribution in [3.63, 3.8) is 0 Å². The number of carbonyl (C=O) groups excluding carboxylic acids is 1. The van der Waals surface area contributed by atoms with E-state index in [2.05, 4.69) is 34.3 Å². The molecule has 0 saturated heterocycles. The molecule has 0 bridgehead atoms. The molecule has 28 heavy (non-hydrogen) atoms. The van der Waals surface area contributed by atoms with Crippen LogP contribution in [-0.2, 0) is 4.79 Å². The maximum Gasteiger partial charge on any atom is 0.229 e. The molecular weight excluding hydrogens is 366 g/mol. The topological polar surface area (TPSA) is 54.9 Å². The molecule has 3 aliphatic carbocycles. The first-order valence-corrected chi connectivity index (χ1v) is 11.0. The second-order valence-electron chi connectivity index (χ2n) is 9.20. The van der Waals surface area contributed by atoms with Gasteiger partial charge in [0.2, 0.25) is 5.91 Å². The lowest BCUT2D eigenvalue weighted by atomic mass is 9.35. The van der Waals surface area contributed by atoms with Gasteiger partial charge in [0, 0.05) is 18.3 Å². The highest BCUT2D eigenvalue weighted by Crippen LogP contribution is 2.71. The van der Waals surface area contributed by atoms with Crippen molar-refractivity contribution in [2.45, 2.75) is 32.6 Å². The van der Waals surface area contributed by atoms with Gasteiger partial charge in [0.25, 0.3) is 0 Å². The van der Waals surface area contributed by atoms with Crippen molar-refractivity contribution in [2.24, 2.45) is 29.1 Å². The lowest BCUT2D eigenvalue weighted by Gasteiger charge is -2.70. The fourth-order valence-electron chi connectivity index (χ4n) is 6.42. The highest BCUT2D eigenvalue weighted by Gasteiger charge is 2.64. The number of fused-ring (bicyclic) bond motifs is 1. The number of anilines is 1. The average molecular weight is 390 g/mol. The zero-order valence-electron chi connectivity index (χ0n) is 15.9. The van der Waals surface area contributed by atoms with Crippen LogP contribution < -0.4 is 5.32 Å². The van der Waals surface area contributed by atoms with Gasteiger partial charge in [0.15, 0.2) is 5.13 Å². The molecule has 4 nitrogen and oxygen atoms in total. The van der Waals surface area contributed by atoms with Crippen molar-refractivity contribution in [3.05, 3.63) is 42.7 Å². The van der Waals surface area contributed by atoms with E-state index >= 15 is 0 Å². The molecular formula is C23H23N3OS. The number of aromatic nitrogens is 2. The van der Waals surface area contributed by atoms with Crippen LogP contribution in [0.3, 0.4) is 0 Å². The predicted molar refractivity (Wildman–Crippen MR) is 112 cm³/mol. The second-order valence-corrected chi connectivity index (χ2v) is 10.2. The van der Waals surface area contributed by atoms with E-state index in [-0.39, 0.29) is 11.8 Å². The Bertz CT molecular complexity index is 1060. The van der Waals surface area contributed by atoms with E-state index in [0.29, 0.717) is 5.41 Å². The van der Waals surface area contributed by atoms with E-state index in [1.54, 1.807) is 23.7 Å². The van der Waals surface area contributed by atoms with Crippen LogP contribution in [-0.4, -0.2) is 15.9 Å². The summed E-state index contributed by atoms with van der Waals surface area (Å²) in [5.74, 6) is 2.81. The molecule has 1 aromatic carbocycles. The van der Waals surface area contributed by atoms with Gasteiger partial charge in [-0.25, -0.2) is 4.98 Å². The molecule has 1 amide bonds. The third kappa shape index (κ3) is 2.45. The molecule has 2 unspecified atom stereocenters. The maximum atomic E-state index is 12.9. The Morgan fingerprint density at radius 3 is 2.57 bits per heavy atom. The van der Waals surface area contributed by atoms with Gasteiger partial charge in [-0.2, -0.15) is 0 Å². The van der Waals surface area contributed by atoms with E-state index in [4.69, 9.17) is 0 Å². The van der Waals surface area contributed by atoms with Gasteiger partial charge in [0.1, 0.15) is 0 Å². The third-order valence-corrected chi connectivity index (χ3v) is 8.39. The molecule has 2 heterocycles. The number of hydrogen-bond donors (Lipinski definition) is 1. The molecule has 2 aromatic heterocycles. The minimum absolute atomic E-state index is 0.162. The fourth-order valence-corrected chi connectivity index (χ4v) is 7.33. The van der Waals surface area contributed by atoms with Crippen LogP contribution in [0, 0.1) is 29.1 Å². The summed E-state index contributed by atoms with van der Waals surface area (Å²) >= 11 is 1.57. The molecule has 3 aromatic rings. The number of rotatable bonds is 3. The maximum absolute atomic E-state index is 12.9. The third-order valence-electron chi connectivity index (χ3n) is 7.46. The van der Waals surface area contributed by atoms with Gasteiger partial charge in [-0.05, 0) is 84.2 Å². The van der Waals surface area contributed by atoms with Crippen molar-refractivity contribution >= 4 is 32.6 Å². The van der Waals surface area contributed by atoms with Gasteiger partial charge in [-0.1, -0.05) is 24.3 Å². The zero-order chi connectivity index (χ0) is 18.9.